The summed E-state index contributed by atoms with van der Waals surface area (Å²) in [5.74, 6) is -0.289. The van der Waals surface area contributed by atoms with Gasteiger partial charge in [-0.2, -0.15) is 13.2 Å². The fourth-order valence-electron chi connectivity index (χ4n) is 2.22. The molecule has 24 heavy (non-hydrogen) atoms. The maximum absolute atomic E-state index is 12.5. The van der Waals surface area contributed by atoms with Crippen molar-refractivity contribution >= 4 is 5.91 Å². The van der Waals surface area contributed by atoms with Gasteiger partial charge in [-0.05, 0) is 42.3 Å². The minimum absolute atomic E-state index is 0.268. The molecule has 0 aliphatic heterocycles. The first kappa shape index (κ1) is 17.9. The number of hydrogen-bond acceptors (Lipinski definition) is 3. The lowest BCUT2D eigenvalue weighted by Crippen LogP contribution is -2.30. The third-order valence-corrected chi connectivity index (χ3v) is 3.58. The van der Waals surface area contributed by atoms with E-state index in [1.807, 2.05) is 6.92 Å². The summed E-state index contributed by atoms with van der Waals surface area (Å²) in [6.45, 7) is 2.65. The van der Waals surface area contributed by atoms with Crippen molar-refractivity contribution in [3.8, 4) is 0 Å². The lowest BCUT2D eigenvalue weighted by molar-refractivity contribution is -0.206. The molecule has 0 aliphatic carbocycles. The Bertz CT molecular complexity index is 672. The van der Waals surface area contributed by atoms with Gasteiger partial charge < -0.3 is 10.0 Å². The number of aliphatic hydroxyl groups is 1. The van der Waals surface area contributed by atoms with Crippen molar-refractivity contribution < 1.29 is 23.1 Å². The largest absolute Gasteiger partial charge is 0.418 e. The molecule has 7 heteroatoms. The average molecular weight is 338 g/mol. The highest BCUT2D eigenvalue weighted by molar-refractivity contribution is 5.94. The van der Waals surface area contributed by atoms with Crippen molar-refractivity contribution in [3.05, 3.63) is 65.5 Å². The molecular weight excluding hydrogens is 321 g/mol. The Morgan fingerprint density at radius 2 is 1.75 bits per heavy atom. The van der Waals surface area contributed by atoms with Crippen molar-refractivity contribution in [3.63, 3.8) is 0 Å². The molecule has 0 saturated heterocycles. The quantitative estimate of drug-likeness (QED) is 0.910. The number of aliphatic hydroxyl groups excluding tert-OH is 1. The summed E-state index contributed by atoms with van der Waals surface area (Å²) in [7, 11) is 0. The zero-order chi connectivity index (χ0) is 17.7. The second kappa shape index (κ2) is 7.44. The van der Waals surface area contributed by atoms with Crippen LogP contribution < -0.4 is 0 Å². The van der Waals surface area contributed by atoms with E-state index in [9.17, 15) is 23.1 Å². The Labute approximate surface area is 137 Å². The van der Waals surface area contributed by atoms with Gasteiger partial charge in [-0.15, -0.1) is 0 Å². The summed E-state index contributed by atoms with van der Waals surface area (Å²) in [5.41, 5.74) is 0.879. The zero-order valence-corrected chi connectivity index (χ0v) is 13.0. The molecule has 4 nitrogen and oxygen atoms in total. The van der Waals surface area contributed by atoms with Crippen molar-refractivity contribution in [2.75, 3.05) is 6.54 Å². The van der Waals surface area contributed by atoms with E-state index in [1.165, 1.54) is 12.1 Å². The first-order valence-corrected chi connectivity index (χ1v) is 7.36. The van der Waals surface area contributed by atoms with Crippen LogP contribution in [-0.4, -0.2) is 33.6 Å². The van der Waals surface area contributed by atoms with E-state index in [0.717, 1.165) is 17.7 Å². The fraction of sp³-hybridized carbons (Fsp3) is 0.294. The summed E-state index contributed by atoms with van der Waals surface area (Å²) in [6.07, 6.45) is -4.04. The van der Waals surface area contributed by atoms with E-state index in [1.54, 1.807) is 29.4 Å². The molecule has 1 aromatic heterocycles. The summed E-state index contributed by atoms with van der Waals surface area (Å²) < 4.78 is 37.5. The SMILES string of the molecule is CCN(Cc1ccncc1)C(=O)c1ccc(C(O)C(F)(F)F)cc1. The van der Waals surface area contributed by atoms with E-state index in [0.29, 0.717) is 13.1 Å². The normalized spacial score (nSPS) is 12.7. The number of rotatable bonds is 5. The average Bonchev–Trinajstić information content (AvgIpc) is 2.58. The standard InChI is InChI=1S/C17H17F3N2O2/c1-2-22(11-12-7-9-21-10-8-12)16(24)14-5-3-13(4-6-14)15(23)17(18,19)20/h3-10,15,23H,2,11H2,1H3. The van der Waals surface area contributed by atoms with Crippen LogP contribution in [-0.2, 0) is 6.54 Å². The number of benzene rings is 1. The van der Waals surface area contributed by atoms with Gasteiger partial charge in [-0.25, -0.2) is 0 Å². The summed E-state index contributed by atoms with van der Waals surface area (Å²) in [4.78, 5) is 18.0. The molecule has 1 unspecified atom stereocenters. The number of carbonyl (C=O) groups is 1. The Kier molecular flexibility index (Phi) is 5.56. The van der Waals surface area contributed by atoms with Gasteiger partial charge in [0, 0.05) is 31.0 Å². The molecule has 1 amide bonds. The minimum Gasteiger partial charge on any atom is -0.379 e. The van der Waals surface area contributed by atoms with Crippen LogP contribution in [0.2, 0.25) is 0 Å². The Hall–Kier alpha value is -2.41. The third kappa shape index (κ3) is 4.32. The number of hydrogen-bond donors (Lipinski definition) is 1. The van der Waals surface area contributed by atoms with Gasteiger partial charge in [0.25, 0.3) is 5.91 Å². The molecule has 0 radical (unpaired) electrons. The highest BCUT2D eigenvalue weighted by Gasteiger charge is 2.39. The molecule has 0 aliphatic rings. The molecule has 1 heterocycles. The smallest absolute Gasteiger partial charge is 0.379 e. The van der Waals surface area contributed by atoms with Crippen LogP contribution in [0.25, 0.3) is 0 Å². The number of halogens is 3. The maximum atomic E-state index is 12.5. The maximum Gasteiger partial charge on any atom is 0.418 e. The van der Waals surface area contributed by atoms with Gasteiger partial charge >= 0.3 is 6.18 Å². The molecule has 0 saturated carbocycles. The molecule has 0 bridgehead atoms. The zero-order valence-electron chi connectivity index (χ0n) is 13.0. The molecule has 128 valence electrons. The van der Waals surface area contributed by atoms with Crippen molar-refractivity contribution in [1.82, 2.24) is 9.88 Å². The fourth-order valence-corrected chi connectivity index (χ4v) is 2.22. The Morgan fingerprint density at radius 3 is 2.25 bits per heavy atom. The number of carbonyl (C=O) groups excluding carboxylic acids is 1. The predicted octanol–water partition coefficient (Wildman–Crippen LogP) is 3.34. The molecule has 2 rings (SSSR count). The van der Waals surface area contributed by atoms with Gasteiger partial charge in [-0.1, -0.05) is 12.1 Å². The van der Waals surface area contributed by atoms with Gasteiger partial charge in [0.2, 0.25) is 0 Å². The molecule has 1 N–H and O–H groups in total. The molecule has 0 spiro atoms. The van der Waals surface area contributed by atoms with Crippen LogP contribution in [0.5, 0.6) is 0 Å². The number of alkyl halides is 3. The number of pyridine rings is 1. The predicted molar refractivity (Wildman–Crippen MR) is 82.1 cm³/mol. The van der Waals surface area contributed by atoms with Crippen LogP contribution in [0.1, 0.15) is 34.5 Å². The van der Waals surface area contributed by atoms with E-state index in [4.69, 9.17) is 0 Å². The van der Waals surface area contributed by atoms with Crippen LogP contribution in [0.3, 0.4) is 0 Å². The first-order valence-electron chi connectivity index (χ1n) is 7.36. The second-order valence-electron chi connectivity index (χ2n) is 5.24. The first-order chi connectivity index (χ1) is 11.3. The number of aromatic nitrogens is 1. The summed E-state index contributed by atoms with van der Waals surface area (Å²) in [6, 6.07) is 8.40. The van der Waals surface area contributed by atoms with Crippen LogP contribution in [0.15, 0.2) is 48.8 Å². The van der Waals surface area contributed by atoms with Gasteiger partial charge in [-0.3, -0.25) is 9.78 Å². The third-order valence-electron chi connectivity index (χ3n) is 3.58. The Balaban J connectivity index is 2.13. The molecule has 1 atom stereocenters. The number of amides is 1. The summed E-state index contributed by atoms with van der Waals surface area (Å²) in [5, 5.41) is 9.21. The Morgan fingerprint density at radius 1 is 1.17 bits per heavy atom. The highest BCUT2D eigenvalue weighted by atomic mass is 19.4. The lowest BCUT2D eigenvalue weighted by Gasteiger charge is -2.21. The highest BCUT2D eigenvalue weighted by Crippen LogP contribution is 2.32. The van der Waals surface area contributed by atoms with Gasteiger partial charge in [0.05, 0.1) is 0 Å². The monoisotopic (exact) mass is 338 g/mol. The van der Waals surface area contributed by atoms with Crippen molar-refractivity contribution in [1.29, 1.82) is 0 Å². The van der Waals surface area contributed by atoms with Gasteiger partial charge in [0.1, 0.15) is 0 Å². The second-order valence-corrected chi connectivity index (χ2v) is 5.24. The molecule has 1 aromatic carbocycles. The van der Waals surface area contributed by atoms with E-state index < -0.39 is 12.3 Å². The van der Waals surface area contributed by atoms with E-state index >= 15 is 0 Å². The van der Waals surface area contributed by atoms with Crippen molar-refractivity contribution in [2.45, 2.75) is 25.7 Å². The molecular formula is C17H17F3N2O2. The number of nitrogens with zero attached hydrogens (tertiary/aromatic N) is 2. The van der Waals surface area contributed by atoms with E-state index in [2.05, 4.69) is 4.98 Å². The van der Waals surface area contributed by atoms with Crippen LogP contribution >= 0.6 is 0 Å². The topological polar surface area (TPSA) is 53.4 Å². The minimum atomic E-state index is -4.73. The van der Waals surface area contributed by atoms with Crippen LogP contribution in [0.4, 0.5) is 13.2 Å². The van der Waals surface area contributed by atoms with E-state index in [-0.39, 0.29) is 17.0 Å². The summed E-state index contributed by atoms with van der Waals surface area (Å²) >= 11 is 0. The lowest BCUT2D eigenvalue weighted by atomic mass is 10.1. The van der Waals surface area contributed by atoms with Crippen LogP contribution in [0, 0.1) is 0 Å². The molecule has 0 fully saturated rings. The molecule has 2 aromatic rings. The van der Waals surface area contributed by atoms with Crippen molar-refractivity contribution in [2.24, 2.45) is 0 Å². The van der Waals surface area contributed by atoms with Gasteiger partial charge in [0.15, 0.2) is 6.10 Å².